The molecule has 0 aliphatic carbocycles. The zero-order valence-electron chi connectivity index (χ0n) is 25.2. The molecule has 0 amide bonds. The lowest BCUT2D eigenvalue weighted by atomic mass is 10.1. The van der Waals surface area contributed by atoms with Gasteiger partial charge in [-0.15, -0.1) is 11.6 Å². The van der Waals surface area contributed by atoms with Crippen LogP contribution < -0.4 is 20.2 Å². The van der Waals surface area contributed by atoms with Crippen molar-refractivity contribution < 1.29 is 14.2 Å². The summed E-state index contributed by atoms with van der Waals surface area (Å²) in [4.78, 5) is 17.5. The Bertz CT molecular complexity index is 1650. The zero-order chi connectivity index (χ0) is 31.6. The highest BCUT2D eigenvalue weighted by molar-refractivity contribution is 6.35. The number of nitrogens with zero attached hydrogens (tertiary/aromatic N) is 5. The first-order valence-electron chi connectivity index (χ1n) is 15.1. The predicted octanol–water partition coefficient (Wildman–Crippen LogP) is 6.52. The van der Waals surface area contributed by atoms with Gasteiger partial charge in [-0.05, 0) is 74.0 Å². The van der Waals surface area contributed by atoms with E-state index in [0.717, 1.165) is 55.4 Å². The molecule has 0 radical (unpaired) electrons. The fraction of sp³-hybridized carbons (Fsp3) is 0.394. The van der Waals surface area contributed by atoms with Crippen LogP contribution in [0.25, 0.3) is 5.69 Å². The molecule has 6 rings (SSSR count). The zero-order valence-corrected chi connectivity index (χ0v) is 27.5. The van der Waals surface area contributed by atoms with Gasteiger partial charge in [-0.2, -0.15) is 5.10 Å². The third-order valence-corrected chi connectivity index (χ3v) is 9.39. The number of ether oxygens (including phenoxy) is 3. The molecule has 2 saturated heterocycles. The third kappa shape index (κ3) is 6.69. The van der Waals surface area contributed by atoms with E-state index in [0.29, 0.717) is 28.8 Å². The first kappa shape index (κ1) is 31.8. The van der Waals surface area contributed by atoms with E-state index in [9.17, 15) is 4.79 Å². The quantitative estimate of drug-likeness (QED) is 0.178. The largest absolute Gasteiger partial charge is 0.491 e. The molecule has 0 bridgehead atoms. The summed E-state index contributed by atoms with van der Waals surface area (Å²) in [5, 5.41) is 5.26. The molecule has 1 unspecified atom stereocenters. The van der Waals surface area contributed by atoms with Gasteiger partial charge in [0, 0.05) is 48.1 Å². The second kappa shape index (κ2) is 13.6. The van der Waals surface area contributed by atoms with Crippen LogP contribution in [0.2, 0.25) is 10.0 Å². The molecule has 2 aliphatic rings. The van der Waals surface area contributed by atoms with Crippen LogP contribution in [0.3, 0.4) is 0 Å². The molecule has 12 heteroatoms. The minimum Gasteiger partial charge on any atom is -0.491 e. The van der Waals surface area contributed by atoms with Crippen molar-refractivity contribution in [1.82, 2.24) is 14.3 Å². The van der Waals surface area contributed by atoms with E-state index in [4.69, 9.17) is 49.0 Å². The number of anilines is 2. The maximum atomic E-state index is 12.8. The highest BCUT2D eigenvalue weighted by atomic mass is 35.5. The number of hydrogen-bond donors (Lipinski definition) is 0. The van der Waals surface area contributed by atoms with Gasteiger partial charge < -0.3 is 24.0 Å². The normalized spacial score (nSPS) is 20.9. The summed E-state index contributed by atoms with van der Waals surface area (Å²) in [6, 6.07) is 21.5. The van der Waals surface area contributed by atoms with E-state index in [1.54, 1.807) is 29.1 Å². The Balaban J connectivity index is 0.998. The van der Waals surface area contributed by atoms with E-state index in [2.05, 4.69) is 39.2 Å². The van der Waals surface area contributed by atoms with Gasteiger partial charge in [-0.1, -0.05) is 36.2 Å². The SMILES string of the molecule is CCC(C)n1ncn(-c2ccc(N3CCN(c4ccc(OC[C@@H]5CO[C@](CCl)(c6ccc(Cl)cc6Cl)O5)cc4)CC3)cc2)c1=O. The fourth-order valence-corrected chi connectivity index (χ4v) is 6.52. The maximum Gasteiger partial charge on any atom is 0.350 e. The van der Waals surface area contributed by atoms with Crippen LogP contribution in [0, 0.1) is 0 Å². The van der Waals surface area contributed by atoms with Gasteiger partial charge in [0.1, 0.15) is 24.8 Å². The molecule has 45 heavy (non-hydrogen) atoms. The van der Waals surface area contributed by atoms with Crippen LogP contribution in [0.1, 0.15) is 31.9 Å². The minimum atomic E-state index is -1.14. The number of halogens is 3. The lowest BCUT2D eigenvalue weighted by Gasteiger charge is -2.37. The van der Waals surface area contributed by atoms with Crippen molar-refractivity contribution in [3.8, 4) is 11.4 Å². The summed E-state index contributed by atoms with van der Waals surface area (Å²) < 4.78 is 21.4. The van der Waals surface area contributed by atoms with Gasteiger partial charge in [0.05, 0.1) is 29.2 Å². The molecule has 4 aromatic rings. The predicted molar refractivity (Wildman–Crippen MR) is 179 cm³/mol. The molecule has 9 nitrogen and oxygen atoms in total. The van der Waals surface area contributed by atoms with E-state index in [-0.39, 0.29) is 23.7 Å². The first-order valence-corrected chi connectivity index (χ1v) is 16.4. The molecule has 3 atom stereocenters. The number of benzene rings is 3. The van der Waals surface area contributed by atoms with E-state index < -0.39 is 5.79 Å². The number of piperazine rings is 1. The van der Waals surface area contributed by atoms with Crippen LogP contribution in [-0.2, 0) is 15.3 Å². The topological polar surface area (TPSA) is 74.0 Å². The molecule has 2 aliphatic heterocycles. The van der Waals surface area contributed by atoms with Crippen molar-refractivity contribution in [3.63, 3.8) is 0 Å². The number of alkyl halides is 1. The summed E-state index contributed by atoms with van der Waals surface area (Å²) in [7, 11) is 0. The van der Waals surface area contributed by atoms with E-state index in [1.165, 1.54) is 4.68 Å². The van der Waals surface area contributed by atoms with Crippen molar-refractivity contribution in [1.29, 1.82) is 0 Å². The summed E-state index contributed by atoms with van der Waals surface area (Å²) in [6.07, 6.45) is 2.14. The lowest BCUT2D eigenvalue weighted by Crippen LogP contribution is -2.46. The van der Waals surface area contributed by atoms with Gasteiger partial charge >= 0.3 is 5.69 Å². The van der Waals surface area contributed by atoms with Crippen molar-refractivity contribution in [3.05, 3.63) is 99.2 Å². The van der Waals surface area contributed by atoms with Crippen LogP contribution in [-0.4, -0.2) is 65.7 Å². The number of rotatable bonds is 10. The van der Waals surface area contributed by atoms with Crippen LogP contribution in [0.4, 0.5) is 11.4 Å². The Morgan fingerprint density at radius 2 is 1.58 bits per heavy atom. The van der Waals surface area contributed by atoms with Crippen molar-refractivity contribution in [2.45, 2.75) is 38.2 Å². The van der Waals surface area contributed by atoms with Gasteiger partial charge in [0.2, 0.25) is 5.79 Å². The maximum absolute atomic E-state index is 12.8. The smallest absolute Gasteiger partial charge is 0.350 e. The standard InChI is InChI=1S/C33H36Cl3N5O4/c1-3-23(2)41-32(42)40(22-37-41)27-7-5-25(6-8-27)38-14-16-39(17-15-38)26-9-11-28(12-10-26)43-19-29-20-44-33(21-34,45-29)30-13-4-24(35)18-31(30)36/h4-13,18,22-23,29H,3,14-17,19-21H2,1-2H3/t23?,29-,33+/m1/s1. The molecule has 0 N–H and O–H groups in total. The molecule has 2 fully saturated rings. The molecule has 0 spiro atoms. The molecule has 3 aromatic carbocycles. The first-order chi connectivity index (χ1) is 21.8. The Morgan fingerprint density at radius 3 is 2.18 bits per heavy atom. The van der Waals surface area contributed by atoms with E-state index >= 15 is 0 Å². The summed E-state index contributed by atoms with van der Waals surface area (Å²) in [5.74, 6) is -0.297. The monoisotopic (exact) mass is 671 g/mol. The van der Waals surface area contributed by atoms with Gasteiger partial charge in [0.25, 0.3) is 0 Å². The second-order valence-corrected chi connectivity index (χ2v) is 12.5. The molecular formula is C33H36Cl3N5O4. The summed E-state index contributed by atoms with van der Waals surface area (Å²) in [6.45, 7) is 8.26. The average Bonchev–Trinajstić information content (AvgIpc) is 3.68. The highest BCUT2D eigenvalue weighted by Gasteiger charge is 2.44. The molecule has 238 valence electrons. The third-order valence-electron chi connectivity index (χ3n) is 8.49. The van der Waals surface area contributed by atoms with Gasteiger partial charge in [-0.25, -0.2) is 14.0 Å². The number of aromatic nitrogens is 3. The Morgan fingerprint density at radius 1 is 0.956 bits per heavy atom. The highest BCUT2D eigenvalue weighted by Crippen LogP contribution is 2.40. The van der Waals surface area contributed by atoms with Crippen molar-refractivity contribution in [2.24, 2.45) is 0 Å². The summed E-state index contributed by atoms with van der Waals surface area (Å²) in [5.41, 5.74) is 3.63. The Kier molecular flexibility index (Phi) is 9.63. The minimum absolute atomic E-state index is 0.0683. The van der Waals surface area contributed by atoms with Crippen molar-refractivity contribution in [2.75, 3.05) is 55.1 Å². The molecule has 3 heterocycles. The molecular weight excluding hydrogens is 637 g/mol. The van der Waals surface area contributed by atoms with Gasteiger partial charge in [-0.3, -0.25) is 0 Å². The van der Waals surface area contributed by atoms with E-state index in [1.807, 2.05) is 38.1 Å². The fourth-order valence-electron chi connectivity index (χ4n) is 5.69. The summed E-state index contributed by atoms with van der Waals surface area (Å²) >= 11 is 18.7. The Labute approximate surface area is 277 Å². The van der Waals surface area contributed by atoms with Crippen LogP contribution in [0.15, 0.2) is 77.9 Å². The van der Waals surface area contributed by atoms with Gasteiger partial charge in [0.15, 0.2) is 0 Å². The Hall–Kier alpha value is -3.21. The van der Waals surface area contributed by atoms with Crippen LogP contribution in [0.5, 0.6) is 5.75 Å². The molecule has 0 saturated carbocycles. The average molecular weight is 673 g/mol. The molecule has 1 aromatic heterocycles. The number of hydrogen-bond acceptors (Lipinski definition) is 7. The lowest BCUT2D eigenvalue weighted by molar-refractivity contribution is -0.161. The second-order valence-electron chi connectivity index (χ2n) is 11.3. The van der Waals surface area contributed by atoms with Crippen LogP contribution >= 0.6 is 34.8 Å². The van der Waals surface area contributed by atoms with Crippen molar-refractivity contribution >= 4 is 46.2 Å².